The van der Waals surface area contributed by atoms with Gasteiger partial charge in [0.05, 0.1) is 11.3 Å². The van der Waals surface area contributed by atoms with E-state index in [1.807, 2.05) is 0 Å². The summed E-state index contributed by atoms with van der Waals surface area (Å²) in [5.74, 6) is -1.30. The van der Waals surface area contributed by atoms with Crippen LogP contribution >= 0.6 is 0 Å². The van der Waals surface area contributed by atoms with E-state index in [0.29, 0.717) is 16.8 Å². The van der Waals surface area contributed by atoms with Gasteiger partial charge >= 0.3 is 11.9 Å². The van der Waals surface area contributed by atoms with Gasteiger partial charge in [-0.1, -0.05) is 24.3 Å². The van der Waals surface area contributed by atoms with Crippen molar-refractivity contribution in [1.82, 2.24) is 34.6 Å². The van der Waals surface area contributed by atoms with Gasteiger partial charge in [-0.05, 0) is 16.5 Å². The van der Waals surface area contributed by atoms with Crippen molar-refractivity contribution in [1.29, 1.82) is 0 Å². The van der Waals surface area contributed by atoms with Gasteiger partial charge in [-0.15, -0.1) is 0 Å². The van der Waals surface area contributed by atoms with E-state index in [9.17, 15) is 27.6 Å². The van der Waals surface area contributed by atoms with E-state index in [1.54, 1.807) is 0 Å². The number of nitrogens with one attached hydrogen (secondary N) is 1. The molecule has 0 atom stereocenters. The summed E-state index contributed by atoms with van der Waals surface area (Å²) in [5, 5.41) is 15.9. The van der Waals surface area contributed by atoms with Gasteiger partial charge in [-0.25, -0.2) is 18.7 Å². The zero-order valence-corrected chi connectivity index (χ0v) is 14.6. The number of anilines is 1. The fourth-order valence-electron chi connectivity index (χ4n) is 2.11. The number of hydrogen-bond acceptors (Lipinski definition) is 7. The van der Waals surface area contributed by atoms with Gasteiger partial charge in [0.25, 0.3) is 11.5 Å². The van der Waals surface area contributed by atoms with Crippen LogP contribution in [-0.2, 0) is 14.1 Å². The smallest absolute Gasteiger partial charge is 0.288 e. The number of alkyl halides is 3. The maximum atomic E-state index is 13.2. The lowest BCUT2D eigenvalue weighted by Crippen LogP contribution is -2.44. The SMILES string of the molecule is C=C/C(=C(\C=C)C(F)(F)F)n1c(=O)c(C(=O)Nc2nnnn2C)nn(C)c1=O. The Morgan fingerprint density at radius 1 is 1.14 bits per heavy atom. The average molecular weight is 398 g/mol. The number of aryl methyl sites for hydroxylation is 2. The Labute approximate surface area is 154 Å². The molecule has 11 nitrogen and oxygen atoms in total. The lowest BCUT2D eigenvalue weighted by molar-refractivity contribution is -0.0878. The topological polar surface area (TPSA) is 130 Å². The van der Waals surface area contributed by atoms with Gasteiger partial charge in [0, 0.05) is 14.1 Å². The van der Waals surface area contributed by atoms with Crippen LogP contribution in [0.1, 0.15) is 10.5 Å². The van der Waals surface area contributed by atoms with Crippen molar-refractivity contribution in [3.05, 3.63) is 57.4 Å². The second-order valence-electron chi connectivity index (χ2n) is 5.18. The molecule has 28 heavy (non-hydrogen) atoms. The van der Waals surface area contributed by atoms with Gasteiger partial charge < -0.3 is 0 Å². The average Bonchev–Trinajstić information content (AvgIpc) is 3.00. The number of nitrogens with zero attached hydrogens (tertiary/aromatic N) is 7. The van der Waals surface area contributed by atoms with Crippen LogP contribution < -0.4 is 16.6 Å². The molecule has 2 aromatic heterocycles. The summed E-state index contributed by atoms with van der Waals surface area (Å²) in [6.07, 6.45) is -3.86. The lowest BCUT2D eigenvalue weighted by Gasteiger charge is -2.15. The van der Waals surface area contributed by atoms with E-state index >= 15 is 0 Å². The molecule has 0 bridgehead atoms. The number of rotatable bonds is 5. The molecule has 2 aromatic rings. The van der Waals surface area contributed by atoms with Gasteiger partial charge in [0.15, 0.2) is 0 Å². The molecule has 0 aliphatic carbocycles. The molecule has 1 amide bonds. The predicted octanol–water partition coefficient (Wildman–Crippen LogP) is -0.137. The summed E-state index contributed by atoms with van der Waals surface area (Å²) in [7, 11) is 2.45. The maximum absolute atomic E-state index is 13.2. The highest BCUT2D eigenvalue weighted by molar-refractivity contribution is 6.01. The van der Waals surface area contributed by atoms with Gasteiger partial charge in [0.2, 0.25) is 11.6 Å². The highest BCUT2D eigenvalue weighted by Gasteiger charge is 2.35. The van der Waals surface area contributed by atoms with Crippen LogP contribution in [-0.4, -0.2) is 46.6 Å². The number of carbonyl (C=O) groups excluding carboxylic acids is 1. The minimum absolute atomic E-state index is 0.133. The number of amides is 1. The van der Waals surface area contributed by atoms with Crippen LogP contribution in [0.3, 0.4) is 0 Å². The standard InChI is InChI=1S/C14H13F3N8O3/c1-5-7(14(15,16)17)8(6-2)25-11(27)9(20-24(4)13(25)28)10(26)18-12-19-21-22-23(12)3/h5-6H,1-2H2,3-4H3,(H,18,19,22,26)/b8-7-. The molecule has 14 heteroatoms. The molecule has 2 rings (SSSR count). The van der Waals surface area contributed by atoms with Crippen molar-refractivity contribution in [2.24, 2.45) is 14.1 Å². The van der Waals surface area contributed by atoms with Crippen LogP contribution in [0.5, 0.6) is 0 Å². The first kappa shape index (κ1) is 20.5. The maximum Gasteiger partial charge on any atom is 0.418 e. The zero-order valence-electron chi connectivity index (χ0n) is 14.6. The number of hydrogen-bond donors (Lipinski definition) is 1. The minimum atomic E-state index is -4.94. The molecular formula is C14H13F3N8O3. The second kappa shape index (κ2) is 7.42. The normalized spacial score (nSPS) is 12.3. The van der Waals surface area contributed by atoms with Crippen molar-refractivity contribution in [3.63, 3.8) is 0 Å². The van der Waals surface area contributed by atoms with Crippen LogP contribution in [0, 0.1) is 0 Å². The Balaban J connectivity index is 2.76. The van der Waals surface area contributed by atoms with E-state index in [-0.39, 0.29) is 10.5 Å². The summed E-state index contributed by atoms with van der Waals surface area (Å²) in [5.41, 5.74) is -5.77. The highest BCUT2D eigenvalue weighted by Crippen LogP contribution is 2.30. The monoisotopic (exact) mass is 398 g/mol. The van der Waals surface area contributed by atoms with Crippen LogP contribution in [0.25, 0.3) is 5.70 Å². The number of allylic oxidation sites excluding steroid dienone is 4. The molecule has 0 saturated carbocycles. The first-order valence-corrected chi connectivity index (χ1v) is 7.33. The number of carbonyl (C=O) groups is 1. The third-order valence-corrected chi connectivity index (χ3v) is 3.40. The van der Waals surface area contributed by atoms with Crippen molar-refractivity contribution >= 4 is 17.6 Å². The van der Waals surface area contributed by atoms with Crippen LogP contribution in [0.4, 0.5) is 19.1 Å². The molecule has 0 aromatic carbocycles. The third-order valence-electron chi connectivity index (χ3n) is 3.40. The number of tetrazole rings is 1. The Kier molecular flexibility index (Phi) is 5.42. The zero-order chi connectivity index (χ0) is 21.2. The Morgan fingerprint density at radius 2 is 1.79 bits per heavy atom. The van der Waals surface area contributed by atoms with E-state index in [0.717, 1.165) is 11.7 Å². The van der Waals surface area contributed by atoms with E-state index in [2.05, 4.69) is 39.1 Å². The Morgan fingerprint density at radius 3 is 2.25 bits per heavy atom. The Hall–Kier alpha value is -3.84. The molecule has 0 fully saturated rings. The summed E-state index contributed by atoms with van der Waals surface area (Å²) in [6.45, 7) is 6.27. The summed E-state index contributed by atoms with van der Waals surface area (Å²) in [4.78, 5) is 37.3. The van der Waals surface area contributed by atoms with Crippen molar-refractivity contribution in [2.45, 2.75) is 6.18 Å². The van der Waals surface area contributed by atoms with Crippen LogP contribution in [0.2, 0.25) is 0 Å². The van der Waals surface area contributed by atoms with Gasteiger partial charge in [0.1, 0.15) is 0 Å². The van der Waals surface area contributed by atoms with Crippen molar-refractivity contribution in [2.75, 3.05) is 5.32 Å². The van der Waals surface area contributed by atoms with Gasteiger partial charge in [-0.2, -0.15) is 18.3 Å². The predicted molar refractivity (Wildman–Crippen MR) is 90.2 cm³/mol. The summed E-state index contributed by atoms with van der Waals surface area (Å²) >= 11 is 0. The molecule has 2 heterocycles. The van der Waals surface area contributed by atoms with E-state index in [1.165, 1.54) is 7.05 Å². The molecule has 0 spiro atoms. The molecule has 0 unspecified atom stereocenters. The van der Waals surface area contributed by atoms with Crippen molar-refractivity contribution in [3.8, 4) is 0 Å². The van der Waals surface area contributed by atoms with E-state index < -0.39 is 40.3 Å². The lowest BCUT2D eigenvalue weighted by atomic mass is 10.2. The summed E-state index contributed by atoms with van der Waals surface area (Å²) in [6, 6.07) is 0. The number of aromatic nitrogens is 7. The first-order valence-electron chi connectivity index (χ1n) is 7.33. The van der Waals surface area contributed by atoms with E-state index in [4.69, 9.17) is 0 Å². The minimum Gasteiger partial charge on any atom is -0.288 e. The molecule has 148 valence electrons. The molecular weight excluding hydrogens is 385 g/mol. The molecule has 0 aliphatic rings. The molecule has 1 N–H and O–H groups in total. The largest absolute Gasteiger partial charge is 0.418 e. The fourth-order valence-corrected chi connectivity index (χ4v) is 2.11. The quantitative estimate of drug-likeness (QED) is 0.694. The van der Waals surface area contributed by atoms with Crippen LogP contribution in [0.15, 0.2) is 40.5 Å². The van der Waals surface area contributed by atoms with Gasteiger partial charge in [-0.3, -0.25) is 14.9 Å². The summed E-state index contributed by atoms with van der Waals surface area (Å²) < 4.78 is 41.5. The second-order valence-corrected chi connectivity index (χ2v) is 5.18. The molecule has 0 radical (unpaired) electrons. The first-order chi connectivity index (χ1) is 13.0. The third kappa shape index (κ3) is 3.65. The molecule has 0 saturated heterocycles. The number of halogens is 3. The fraction of sp³-hybridized carbons (Fsp3) is 0.214. The Bertz CT molecular complexity index is 1110. The van der Waals surface area contributed by atoms with Crippen molar-refractivity contribution < 1.29 is 18.0 Å². The highest BCUT2D eigenvalue weighted by atomic mass is 19.4. The molecule has 0 aliphatic heterocycles.